The zero-order valence-corrected chi connectivity index (χ0v) is 16.8. The Morgan fingerprint density at radius 2 is 1.93 bits per heavy atom. The van der Waals surface area contributed by atoms with E-state index in [4.69, 9.17) is 0 Å². The molecule has 0 aliphatic carbocycles. The summed E-state index contributed by atoms with van der Waals surface area (Å²) in [4.78, 5) is 36.8. The lowest BCUT2D eigenvalue weighted by atomic mass is 10.1. The second kappa shape index (κ2) is 7.99. The first-order valence-corrected chi connectivity index (χ1v) is 9.99. The van der Waals surface area contributed by atoms with Gasteiger partial charge in [0.2, 0.25) is 11.0 Å². The summed E-state index contributed by atoms with van der Waals surface area (Å²) in [5.41, 5.74) is 2.11. The van der Waals surface area contributed by atoms with E-state index in [9.17, 15) is 19.7 Å². The van der Waals surface area contributed by atoms with Gasteiger partial charge in [-0.1, -0.05) is 29.5 Å². The summed E-state index contributed by atoms with van der Waals surface area (Å²) in [6.45, 7) is 2.47. The van der Waals surface area contributed by atoms with Crippen LogP contribution in [0.2, 0.25) is 0 Å². The average molecular weight is 423 g/mol. The molecule has 2 heterocycles. The van der Waals surface area contributed by atoms with E-state index in [1.165, 1.54) is 35.6 Å². The Kier molecular flexibility index (Phi) is 5.23. The highest BCUT2D eigenvalue weighted by Gasteiger charge is 2.34. The summed E-state index contributed by atoms with van der Waals surface area (Å²) in [5, 5.41) is 22.5. The second-order valence-corrected chi connectivity index (χ2v) is 7.90. The van der Waals surface area contributed by atoms with Gasteiger partial charge in [0, 0.05) is 42.3 Å². The number of aryl methyl sites for hydroxylation is 1. The van der Waals surface area contributed by atoms with E-state index >= 15 is 0 Å². The molecule has 0 spiro atoms. The smallest absolute Gasteiger partial charge is 0.269 e. The normalized spacial score (nSPS) is 16.0. The quantitative estimate of drug-likeness (QED) is 0.495. The molecule has 4 rings (SSSR count). The first-order valence-electron chi connectivity index (χ1n) is 9.17. The summed E-state index contributed by atoms with van der Waals surface area (Å²) in [5.74, 6) is -0.503. The van der Waals surface area contributed by atoms with Crippen LogP contribution in [0.15, 0.2) is 48.5 Å². The van der Waals surface area contributed by atoms with Crippen LogP contribution in [-0.2, 0) is 4.79 Å². The highest BCUT2D eigenvalue weighted by Crippen LogP contribution is 2.35. The van der Waals surface area contributed by atoms with E-state index in [1.54, 1.807) is 4.90 Å². The Labute approximate surface area is 175 Å². The summed E-state index contributed by atoms with van der Waals surface area (Å²) in [6.07, 6.45) is 0.333. The van der Waals surface area contributed by atoms with Crippen molar-refractivity contribution >= 4 is 39.7 Å². The highest BCUT2D eigenvalue weighted by atomic mass is 32.1. The fourth-order valence-corrected chi connectivity index (χ4v) is 4.16. The number of hydrogen-bond acceptors (Lipinski definition) is 7. The van der Waals surface area contributed by atoms with Crippen LogP contribution in [0.3, 0.4) is 0 Å². The molecule has 1 atom stereocenters. The maximum atomic E-state index is 12.5. The number of amides is 2. The lowest BCUT2D eigenvalue weighted by Gasteiger charge is -2.18. The third kappa shape index (κ3) is 3.90. The summed E-state index contributed by atoms with van der Waals surface area (Å²) in [6, 6.07) is 13.0. The van der Waals surface area contributed by atoms with E-state index in [1.807, 2.05) is 31.2 Å². The first kappa shape index (κ1) is 19.6. The van der Waals surface area contributed by atoms with E-state index in [2.05, 4.69) is 15.5 Å². The Morgan fingerprint density at radius 3 is 2.63 bits per heavy atom. The molecule has 9 nitrogen and oxygen atoms in total. The van der Waals surface area contributed by atoms with Crippen LogP contribution in [0.1, 0.15) is 33.3 Å². The number of nitro benzene ring substituents is 1. The van der Waals surface area contributed by atoms with Gasteiger partial charge in [-0.25, -0.2) is 0 Å². The number of nitrogens with zero attached hydrogens (tertiary/aromatic N) is 4. The van der Waals surface area contributed by atoms with Gasteiger partial charge in [0.1, 0.15) is 5.01 Å². The maximum Gasteiger partial charge on any atom is 0.269 e. The van der Waals surface area contributed by atoms with Crippen molar-refractivity contribution in [1.29, 1.82) is 0 Å². The molecule has 0 saturated carbocycles. The fraction of sp³-hybridized carbons (Fsp3) is 0.200. The number of benzene rings is 2. The van der Waals surface area contributed by atoms with Crippen molar-refractivity contribution < 1.29 is 14.5 Å². The van der Waals surface area contributed by atoms with E-state index in [-0.39, 0.29) is 23.1 Å². The number of non-ortho nitro benzene ring substituents is 1. The summed E-state index contributed by atoms with van der Waals surface area (Å²) >= 11 is 1.22. The molecule has 10 heteroatoms. The van der Waals surface area contributed by atoms with Gasteiger partial charge in [0.05, 0.1) is 4.92 Å². The van der Waals surface area contributed by atoms with Gasteiger partial charge >= 0.3 is 0 Å². The molecule has 0 bridgehead atoms. The predicted octanol–water partition coefficient (Wildman–Crippen LogP) is 3.53. The molecular weight excluding hydrogens is 406 g/mol. The second-order valence-electron chi connectivity index (χ2n) is 6.90. The van der Waals surface area contributed by atoms with Crippen LogP contribution in [0.4, 0.5) is 16.5 Å². The van der Waals surface area contributed by atoms with Crippen molar-refractivity contribution in [3.05, 3.63) is 74.8 Å². The van der Waals surface area contributed by atoms with Crippen LogP contribution < -0.4 is 10.2 Å². The predicted molar refractivity (Wildman–Crippen MR) is 112 cm³/mol. The molecular formula is C20H17N5O4S. The number of carbonyl (C=O) groups is 2. The van der Waals surface area contributed by atoms with E-state index < -0.39 is 10.8 Å². The Balaban J connectivity index is 1.44. The van der Waals surface area contributed by atoms with Gasteiger partial charge in [0.15, 0.2) is 0 Å². The maximum absolute atomic E-state index is 12.5. The number of aromatic nitrogens is 2. The molecule has 1 N–H and O–H groups in total. The van der Waals surface area contributed by atoms with Crippen molar-refractivity contribution in [1.82, 2.24) is 10.2 Å². The molecule has 0 radical (unpaired) electrons. The number of rotatable bonds is 5. The molecule has 1 aromatic heterocycles. The van der Waals surface area contributed by atoms with Crippen LogP contribution >= 0.6 is 11.3 Å². The Hall–Kier alpha value is -3.66. The Bertz CT molecular complexity index is 1130. The SMILES string of the molecule is Cc1ccccc1N1CC(c2nnc(NC(=O)c3ccc([N+](=O)[O-])cc3)s2)CC1=O. The minimum absolute atomic E-state index is 0.0287. The standard InChI is InChI=1S/C20H17N5O4S/c1-12-4-2-3-5-16(12)24-11-14(10-17(24)26)19-22-23-20(30-19)21-18(27)13-6-8-15(9-7-13)25(28)29/h2-9,14H,10-11H2,1H3,(H,21,23,27). The summed E-state index contributed by atoms with van der Waals surface area (Å²) < 4.78 is 0. The first-order chi connectivity index (χ1) is 14.4. The zero-order chi connectivity index (χ0) is 21.3. The number of nitrogens with one attached hydrogen (secondary N) is 1. The van der Waals surface area contributed by atoms with Crippen LogP contribution in [0, 0.1) is 17.0 Å². The topological polar surface area (TPSA) is 118 Å². The van der Waals surface area contributed by atoms with Gasteiger partial charge in [-0.05, 0) is 30.7 Å². The molecule has 1 aliphatic rings. The van der Waals surface area contributed by atoms with E-state index in [0.717, 1.165) is 11.3 Å². The van der Waals surface area contributed by atoms with Crippen LogP contribution in [0.5, 0.6) is 0 Å². The van der Waals surface area contributed by atoms with Crippen LogP contribution in [0.25, 0.3) is 0 Å². The van der Waals surface area contributed by atoms with Gasteiger partial charge in [-0.3, -0.25) is 25.0 Å². The average Bonchev–Trinajstić information content (AvgIpc) is 3.35. The fourth-order valence-electron chi connectivity index (χ4n) is 3.33. The monoisotopic (exact) mass is 423 g/mol. The molecule has 30 heavy (non-hydrogen) atoms. The molecule has 1 fully saturated rings. The number of para-hydroxylation sites is 1. The zero-order valence-electron chi connectivity index (χ0n) is 15.9. The molecule has 2 aromatic carbocycles. The van der Waals surface area contributed by atoms with Gasteiger partial charge in [0.25, 0.3) is 11.6 Å². The summed E-state index contributed by atoms with van der Waals surface area (Å²) in [7, 11) is 0. The lowest BCUT2D eigenvalue weighted by Crippen LogP contribution is -2.25. The minimum atomic E-state index is -0.526. The Morgan fingerprint density at radius 1 is 1.20 bits per heavy atom. The third-order valence-electron chi connectivity index (χ3n) is 4.88. The molecule has 2 amide bonds. The number of carbonyl (C=O) groups excluding carboxylic acids is 2. The third-order valence-corrected chi connectivity index (χ3v) is 5.88. The molecule has 1 saturated heterocycles. The number of hydrogen-bond donors (Lipinski definition) is 1. The largest absolute Gasteiger partial charge is 0.311 e. The highest BCUT2D eigenvalue weighted by molar-refractivity contribution is 7.15. The lowest BCUT2D eigenvalue weighted by molar-refractivity contribution is -0.384. The minimum Gasteiger partial charge on any atom is -0.311 e. The van der Waals surface area contributed by atoms with Crippen molar-refractivity contribution in [2.24, 2.45) is 0 Å². The van der Waals surface area contributed by atoms with Crippen molar-refractivity contribution in [3.8, 4) is 0 Å². The van der Waals surface area contributed by atoms with Crippen molar-refractivity contribution in [3.63, 3.8) is 0 Å². The molecule has 3 aromatic rings. The van der Waals surface area contributed by atoms with Gasteiger partial charge in [-0.2, -0.15) is 0 Å². The van der Waals surface area contributed by atoms with Crippen LogP contribution in [-0.4, -0.2) is 33.5 Å². The van der Waals surface area contributed by atoms with E-state index in [0.29, 0.717) is 23.1 Å². The van der Waals surface area contributed by atoms with Crippen molar-refractivity contribution in [2.75, 3.05) is 16.8 Å². The molecule has 1 unspecified atom stereocenters. The molecule has 152 valence electrons. The molecule has 1 aliphatic heterocycles. The number of anilines is 2. The van der Waals surface area contributed by atoms with Crippen molar-refractivity contribution in [2.45, 2.75) is 19.3 Å². The van der Waals surface area contributed by atoms with Gasteiger partial charge in [-0.15, -0.1) is 10.2 Å². The number of nitro groups is 1. The van der Waals surface area contributed by atoms with Gasteiger partial charge < -0.3 is 4.90 Å².